The van der Waals surface area contributed by atoms with Crippen LogP contribution in [0.15, 0.2) is 0 Å². The highest BCUT2D eigenvalue weighted by Gasteiger charge is 2.21. The van der Waals surface area contributed by atoms with Gasteiger partial charge in [-0.25, -0.2) is 0 Å². The third kappa shape index (κ3) is 2.76. The van der Waals surface area contributed by atoms with Gasteiger partial charge in [-0.3, -0.25) is 9.48 Å². The molecule has 0 aromatic carbocycles. The van der Waals surface area contributed by atoms with Gasteiger partial charge in [-0.2, -0.15) is 5.10 Å². The summed E-state index contributed by atoms with van der Waals surface area (Å²) in [4.78, 5) is 13.8. The second-order valence-corrected chi connectivity index (χ2v) is 3.88. The van der Waals surface area contributed by atoms with Crippen molar-refractivity contribution in [2.45, 2.75) is 20.4 Å². The van der Waals surface area contributed by atoms with E-state index in [4.69, 9.17) is 10.5 Å². The summed E-state index contributed by atoms with van der Waals surface area (Å²) in [5.41, 5.74) is 7.50. The molecule has 0 aliphatic carbocycles. The summed E-state index contributed by atoms with van der Waals surface area (Å²) in [7, 11) is 3.33. The minimum absolute atomic E-state index is 0.123. The Morgan fingerprint density at radius 2 is 2.24 bits per heavy atom. The molecule has 1 aromatic heterocycles. The van der Waals surface area contributed by atoms with Crippen LogP contribution in [0.5, 0.6) is 0 Å². The molecule has 1 heterocycles. The number of anilines is 1. The molecule has 0 fully saturated rings. The van der Waals surface area contributed by atoms with E-state index in [0.717, 1.165) is 0 Å². The normalized spacial score (nSPS) is 10.6. The molecule has 1 rings (SSSR count). The maximum Gasteiger partial charge on any atom is 0.274 e. The van der Waals surface area contributed by atoms with Crippen LogP contribution in [0, 0.1) is 6.92 Å². The molecule has 2 N–H and O–H groups in total. The SMILES string of the molecule is CCn1nc(C)c(N)c1C(=O)N(C)CCOC. The van der Waals surface area contributed by atoms with E-state index in [2.05, 4.69) is 5.10 Å². The van der Waals surface area contributed by atoms with Crippen LogP contribution in [0.3, 0.4) is 0 Å². The predicted octanol–water partition coefficient (Wildman–Crippen LogP) is 0.512. The number of hydrogen-bond acceptors (Lipinski definition) is 4. The van der Waals surface area contributed by atoms with Gasteiger partial charge in [0.1, 0.15) is 5.69 Å². The molecule has 0 saturated carbocycles. The molecular formula is C11H20N4O2. The zero-order valence-electron chi connectivity index (χ0n) is 10.9. The van der Waals surface area contributed by atoms with Crippen molar-refractivity contribution in [3.8, 4) is 0 Å². The van der Waals surface area contributed by atoms with Crippen LogP contribution < -0.4 is 5.73 Å². The molecule has 6 heteroatoms. The van der Waals surface area contributed by atoms with E-state index in [9.17, 15) is 4.79 Å². The minimum atomic E-state index is -0.123. The number of amides is 1. The first kappa shape index (κ1) is 13.5. The highest BCUT2D eigenvalue weighted by Crippen LogP contribution is 2.17. The molecule has 0 bridgehead atoms. The van der Waals surface area contributed by atoms with E-state index in [0.29, 0.717) is 36.8 Å². The second-order valence-electron chi connectivity index (χ2n) is 3.88. The van der Waals surface area contributed by atoms with Gasteiger partial charge >= 0.3 is 0 Å². The summed E-state index contributed by atoms with van der Waals surface area (Å²) in [6, 6.07) is 0. The Kier molecular flexibility index (Phi) is 4.51. The van der Waals surface area contributed by atoms with Gasteiger partial charge in [-0.15, -0.1) is 0 Å². The highest BCUT2D eigenvalue weighted by molar-refractivity contribution is 5.97. The molecule has 96 valence electrons. The number of nitrogen functional groups attached to an aromatic ring is 1. The maximum atomic E-state index is 12.2. The van der Waals surface area contributed by atoms with Gasteiger partial charge in [-0.05, 0) is 13.8 Å². The third-order valence-corrected chi connectivity index (χ3v) is 2.65. The van der Waals surface area contributed by atoms with E-state index in [1.807, 2.05) is 6.92 Å². The molecule has 0 aliphatic rings. The number of ether oxygens (including phenoxy) is 1. The average molecular weight is 240 g/mol. The fourth-order valence-electron chi connectivity index (χ4n) is 1.56. The molecule has 0 radical (unpaired) electrons. The van der Waals surface area contributed by atoms with Gasteiger partial charge in [0, 0.05) is 27.2 Å². The molecule has 1 aromatic rings. The number of carbonyl (C=O) groups excluding carboxylic acids is 1. The van der Waals surface area contributed by atoms with Crippen molar-refractivity contribution in [1.29, 1.82) is 0 Å². The van der Waals surface area contributed by atoms with Crippen molar-refractivity contribution in [2.75, 3.05) is 33.0 Å². The quantitative estimate of drug-likeness (QED) is 0.814. The van der Waals surface area contributed by atoms with E-state index in [1.54, 1.807) is 30.7 Å². The summed E-state index contributed by atoms with van der Waals surface area (Å²) in [6.07, 6.45) is 0. The lowest BCUT2D eigenvalue weighted by Crippen LogP contribution is -2.32. The highest BCUT2D eigenvalue weighted by atomic mass is 16.5. The van der Waals surface area contributed by atoms with Crippen molar-refractivity contribution in [1.82, 2.24) is 14.7 Å². The fourth-order valence-corrected chi connectivity index (χ4v) is 1.56. The number of methoxy groups -OCH3 is 1. The summed E-state index contributed by atoms with van der Waals surface area (Å²) >= 11 is 0. The van der Waals surface area contributed by atoms with E-state index >= 15 is 0 Å². The van der Waals surface area contributed by atoms with Crippen LogP contribution in [0.25, 0.3) is 0 Å². The van der Waals surface area contributed by atoms with Crippen molar-refractivity contribution >= 4 is 11.6 Å². The first-order valence-electron chi connectivity index (χ1n) is 5.60. The number of aromatic nitrogens is 2. The van der Waals surface area contributed by atoms with Crippen LogP contribution in [-0.4, -0.2) is 47.9 Å². The smallest absolute Gasteiger partial charge is 0.274 e. The van der Waals surface area contributed by atoms with Crippen LogP contribution in [-0.2, 0) is 11.3 Å². The molecule has 6 nitrogen and oxygen atoms in total. The Bertz CT molecular complexity index is 400. The molecule has 1 amide bonds. The first-order valence-corrected chi connectivity index (χ1v) is 5.60. The molecule has 0 atom stereocenters. The zero-order chi connectivity index (χ0) is 13.0. The van der Waals surface area contributed by atoms with Gasteiger partial charge in [0.05, 0.1) is 18.0 Å². The van der Waals surface area contributed by atoms with E-state index < -0.39 is 0 Å². The van der Waals surface area contributed by atoms with Gasteiger partial charge in [0.25, 0.3) is 5.91 Å². The number of hydrogen-bond donors (Lipinski definition) is 1. The number of nitrogens with two attached hydrogens (primary N) is 1. The minimum Gasteiger partial charge on any atom is -0.395 e. The molecule has 0 spiro atoms. The summed E-state index contributed by atoms with van der Waals surface area (Å²) in [5, 5.41) is 4.23. The van der Waals surface area contributed by atoms with Crippen LogP contribution >= 0.6 is 0 Å². The van der Waals surface area contributed by atoms with Crippen LogP contribution in [0.4, 0.5) is 5.69 Å². The molecule has 0 saturated heterocycles. The van der Waals surface area contributed by atoms with E-state index in [1.165, 1.54) is 0 Å². The van der Waals surface area contributed by atoms with E-state index in [-0.39, 0.29) is 5.91 Å². The standard InChI is InChI=1S/C11H20N4O2/c1-5-15-10(9(12)8(2)13-15)11(16)14(3)6-7-17-4/h5-7,12H2,1-4H3. The van der Waals surface area contributed by atoms with Gasteiger partial charge in [0.15, 0.2) is 0 Å². The Morgan fingerprint density at radius 1 is 1.59 bits per heavy atom. The first-order chi connectivity index (χ1) is 8.02. The molecular weight excluding hydrogens is 220 g/mol. The van der Waals surface area contributed by atoms with Crippen molar-refractivity contribution in [3.63, 3.8) is 0 Å². The van der Waals surface area contributed by atoms with Crippen molar-refractivity contribution in [2.24, 2.45) is 0 Å². The Morgan fingerprint density at radius 3 is 2.76 bits per heavy atom. The Hall–Kier alpha value is -1.56. The Labute approximate surface area is 101 Å². The number of rotatable bonds is 5. The largest absolute Gasteiger partial charge is 0.395 e. The average Bonchev–Trinajstić information content (AvgIpc) is 2.61. The summed E-state index contributed by atoms with van der Waals surface area (Å²) in [5.74, 6) is -0.123. The lowest BCUT2D eigenvalue weighted by molar-refractivity contribution is 0.0733. The molecule has 0 unspecified atom stereocenters. The Balaban J connectivity index is 2.95. The monoisotopic (exact) mass is 240 g/mol. The zero-order valence-corrected chi connectivity index (χ0v) is 10.9. The second kappa shape index (κ2) is 5.67. The molecule has 0 aliphatic heterocycles. The lowest BCUT2D eigenvalue weighted by atomic mass is 10.2. The van der Waals surface area contributed by atoms with Crippen LogP contribution in [0.1, 0.15) is 23.1 Å². The van der Waals surface area contributed by atoms with Gasteiger partial charge in [0.2, 0.25) is 0 Å². The third-order valence-electron chi connectivity index (χ3n) is 2.65. The fraction of sp³-hybridized carbons (Fsp3) is 0.636. The van der Waals surface area contributed by atoms with Crippen LogP contribution in [0.2, 0.25) is 0 Å². The van der Waals surface area contributed by atoms with Gasteiger partial charge < -0.3 is 15.4 Å². The van der Waals surface area contributed by atoms with Crippen molar-refractivity contribution in [3.05, 3.63) is 11.4 Å². The lowest BCUT2D eigenvalue weighted by Gasteiger charge is -2.17. The summed E-state index contributed by atoms with van der Waals surface area (Å²) in [6.45, 7) is 5.38. The number of aryl methyl sites for hydroxylation is 2. The van der Waals surface area contributed by atoms with Crippen molar-refractivity contribution < 1.29 is 9.53 Å². The number of carbonyl (C=O) groups is 1. The maximum absolute atomic E-state index is 12.2. The summed E-state index contributed by atoms with van der Waals surface area (Å²) < 4.78 is 6.58. The predicted molar refractivity (Wildman–Crippen MR) is 65.9 cm³/mol. The molecule has 17 heavy (non-hydrogen) atoms. The van der Waals surface area contributed by atoms with Gasteiger partial charge in [-0.1, -0.05) is 0 Å². The number of likely N-dealkylation sites (N-methyl/N-ethyl adjacent to an activating group) is 1. The topological polar surface area (TPSA) is 73.4 Å². The number of nitrogens with zero attached hydrogens (tertiary/aromatic N) is 3.